The zero-order valence-electron chi connectivity index (χ0n) is 12.0. The highest BCUT2D eigenvalue weighted by molar-refractivity contribution is 5.75. The normalized spacial score (nSPS) is 12.9. The lowest BCUT2D eigenvalue weighted by atomic mass is 10.1. The van der Waals surface area contributed by atoms with Crippen LogP contribution in [0, 0.1) is 0 Å². The van der Waals surface area contributed by atoms with Crippen LogP contribution in [0.15, 0.2) is 36.8 Å². The van der Waals surface area contributed by atoms with Crippen molar-refractivity contribution in [2.45, 2.75) is 12.5 Å². The third-order valence-corrected chi connectivity index (χ3v) is 3.83. The first-order valence-corrected chi connectivity index (χ1v) is 6.74. The van der Waals surface area contributed by atoms with Gasteiger partial charge in [0.15, 0.2) is 0 Å². The van der Waals surface area contributed by atoms with E-state index in [1.807, 2.05) is 43.3 Å². The van der Waals surface area contributed by atoms with Gasteiger partial charge in [0, 0.05) is 26.7 Å². The molecule has 0 fully saturated rings. The second-order valence-corrected chi connectivity index (χ2v) is 5.05. The van der Waals surface area contributed by atoms with Gasteiger partial charge in [-0.3, -0.25) is 0 Å². The summed E-state index contributed by atoms with van der Waals surface area (Å²) in [6.07, 6.45) is 4.57. The maximum atomic E-state index is 4.73. The van der Waals surface area contributed by atoms with Crippen molar-refractivity contribution in [1.29, 1.82) is 0 Å². The molecule has 5 nitrogen and oxygen atoms in total. The van der Waals surface area contributed by atoms with Crippen LogP contribution in [-0.4, -0.2) is 26.1 Å². The first-order valence-electron chi connectivity index (χ1n) is 6.74. The van der Waals surface area contributed by atoms with Crippen molar-refractivity contribution in [2.24, 2.45) is 14.1 Å². The van der Waals surface area contributed by atoms with Gasteiger partial charge < -0.3 is 14.5 Å². The summed E-state index contributed by atoms with van der Waals surface area (Å²) in [4.78, 5) is 8.93. The van der Waals surface area contributed by atoms with Gasteiger partial charge in [-0.1, -0.05) is 12.1 Å². The maximum absolute atomic E-state index is 4.73. The van der Waals surface area contributed by atoms with E-state index in [9.17, 15) is 0 Å². The predicted molar refractivity (Wildman–Crippen MR) is 79.4 cm³/mol. The molecule has 0 aliphatic heterocycles. The molecule has 0 radical (unpaired) electrons. The number of likely N-dealkylation sites (N-methyl/N-ethyl adjacent to an activating group) is 1. The number of aryl methyl sites for hydroxylation is 2. The molecule has 0 saturated carbocycles. The van der Waals surface area contributed by atoms with Crippen LogP contribution in [0.1, 0.15) is 17.6 Å². The molecule has 0 aliphatic carbocycles. The number of fused-ring (bicyclic) bond motifs is 1. The van der Waals surface area contributed by atoms with Crippen molar-refractivity contribution in [3.63, 3.8) is 0 Å². The summed E-state index contributed by atoms with van der Waals surface area (Å²) in [5.74, 6) is 1.08. The highest BCUT2D eigenvalue weighted by Crippen LogP contribution is 2.20. The van der Waals surface area contributed by atoms with E-state index >= 15 is 0 Å². The topological polar surface area (TPSA) is 47.7 Å². The second-order valence-electron chi connectivity index (χ2n) is 5.05. The predicted octanol–water partition coefficient (Wildman–Crippen LogP) is 1.81. The Morgan fingerprint density at radius 2 is 2.05 bits per heavy atom. The lowest BCUT2D eigenvalue weighted by Gasteiger charge is -2.16. The van der Waals surface area contributed by atoms with Crippen LogP contribution in [0.5, 0.6) is 0 Å². The Morgan fingerprint density at radius 3 is 2.70 bits per heavy atom. The van der Waals surface area contributed by atoms with E-state index in [0.717, 1.165) is 17.8 Å². The first kappa shape index (κ1) is 12.9. The van der Waals surface area contributed by atoms with Gasteiger partial charge in [-0.2, -0.15) is 0 Å². The Balaban J connectivity index is 1.95. The minimum absolute atomic E-state index is 0.206. The quantitative estimate of drug-likeness (QED) is 0.786. The molecule has 0 aliphatic rings. The first-order chi connectivity index (χ1) is 9.70. The Morgan fingerprint density at radius 1 is 1.25 bits per heavy atom. The molecular weight excluding hydrogens is 250 g/mol. The smallest absolute Gasteiger partial charge is 0.111 e. The number of imidazole rings is 2. The summed E-state index contributed by atoms with van der Waals surface area (Å²) in [6.45, 7) is 0. The van der Waals surface area contributed by atoms with E-state index in [0.29, 0.717) is 0 Å². The minimum Gasteiger partial charge on any atom is -0.336 e. The molecule has 1 N–H and O–H groups in total. The molecule has 20 heavy (non-hydrogen) atoms. The molecule has 0 saturated heterocycles. The average Bonchev–Trinajstić information content (AvgIpc) is 3.01. The molecule has 1 aromatic carbocycles. The highest BCUT2D eigenvalue weighted by Gasteiger charge is 2.17. The van der Waals surface area contributed by atoms with E-state index in [1.54, 1.807) is 0 Å². The molecule has 0 amide bonds. The van der Waals surface area contributed by atoms with Crippen LogP contribution in [-0.2, 0) is 20.5 Å². The van der Waals surface area contributed by atoms with Gasteiger partial charge in [0.05, 0.1) is 29.1 Å². The molecule has 0 spiro atoms. The van der Waals surface area contributed by atoms with Crippen molar-refractivity contribution >= 4 is 11.0 Å². The van der Waals surface area contributed by atoms with Gasteiger partial charge in [-0.05, 0) is 19.2 Å². The van der Waals surface area contributed by atoms with Crippen LogP contribution in [0.2, 0.25) is 0 Å². The number of rotatable bonds is 4. The lowest BCUT2D eigenvalue weighted by Crippen LogP contribution is -2.22. The van der Waals surface area contributed by atoms with Crippen molar-refractivity contribution < 1.29 is 0 Å². The summed E-state index contributed by atoms with van der Waals surface area (Å²) in [7, 11) is 6.06. The molecule has 5 heteroatoms. The molecule has 1 atom stereocenters. The number of hydrogen-bond donors (Lipinski definition) is 1. The minimum atomic E-state index is 0.206. The van der Waals surface area contributed by atoms with E-state index in [-0.39, 0.29) is 6.04 Å². The second kappa shape index (κ2) is 5.09. The summed E-state index contributed by atoms with van der Waals surface area (Å²) < 4.78 is 4.21. The third-order valence-electron chi connectivity index (χ3n) is 3.83. The van der Waals surface area contributed by atoms with Gasteiger partial charge in [-0.25, -0.2) is 9.97 Å². The number of nitrogens with one attached hydrogen (secondary N) is 1. The van der Waals surface area contributed by atoms with Crippen molar-refractivity contribution in [2.75, 3.05) is 7.05 Å². The summed E-state index contributed by atoms with van der Waals surface area (Å²) in [6, 6.07) is 8.43. The Kier molecular flexibility index (Phi) is 3.28. The van der Waals surface area contributed by atoms with Gasteiger partial charge >= 0.3 is 0 Å². The largest absolute Gasteiger partial charge is 0.336 e. The third kappa shape index (κ3) is 2.10. The molecule has 3 aromatic rings. The van der Waals surface area contributed by atoms with Crippen LogP contribution in [0.4, 0.5) is 0 Å². The molecular formula is C15H19N5. The lowest BCUT2D eigenvalue weighted by molar-refractivity contribution is 0.535. The maximum Gasteiger partial charge on any atom is 0.111 e. The molecule has 2 heterocycles. The number of benzene rings is 1. The van der Waals surface area contributed by atoms with E-state index < -0.39 is 0 Å². The standard InChI is InChI=1S/C15H19N5/c1-16-12(14-9-17-10-19(14)2)8-15-18-11-6-4-5-7-13(11)20(15)3/h4-7,9-10,12,16H,8H2,1-3H3. The molecule has 3 rings (SSSR count). The van der Waals surface area contributed by atoms with Gasteiger partial charge in [0.2, 0.25) is 0 Å². The summed E-state index contributed by atoms with van der Waals surface area (Å²) >= 11 is 0. The van der Waals surface area contributed by atoms with Crippen LogP contribution < -0.4 is 5.32 Å². The summed E-state index contributed by atoms with van der Waals surface area (Å²) in [5.41, 5.74) is 3.38. The van der Waals surface area contributed by atoms with Crippen molar-refractivity contribution in [3.8, 4) is 0 Å². The monoisotopic (exact) mass is 269 g/mol. The molecule has 1 unspecified atom stereocenters. The van der Waals surface area contributed by atoms with Gasteiger partial charge in [0.1, 0.15) is 5.82 Å². The van der Waals surface area contributed by atoms with E-state index in [1.165, 1.54) is 11.2 Å². The van der Waals surface area contributed by atoms with Crippen molar-refractivity contribution in [1.82, 2.24) is 24.4 Å². The van der Waals surface area contributed by atoms with E-state index in [2.05, 4.69) is 34.0 Å². The Bertz CT molecular complexity index is 725. The fourth-order valence-electron chi connectivity index (χ4n) is 2.62. The van der Waals surface area contributed by atoms with Gasteiger partial charge in [0.25, 0.3) is 0 Å². The number of para-hydroxylation sites is 2. The number of aromatic nitrogens is 4. The zero-order chi connectivity index (χ0) is 14.1. The zero-order valence-corrected chi connectivity index (χ0v) is 12.0. The van der Waals surface area contributed by atoms with Crippen LogP contribution >= 0.6 is 0 Å². The Hall–Kier alpha value is -2.14. The molecule has 2 aromatic heterocycles. The molecule has 0 bridgehead atoms. The number of hydrogen-bond acceptors (Lipinski definition) is 3. The average molecular weight is 269 g/mol. The van der Waals surface area contributed by atoms with Gasteiger partial charge in [-0.15, -0.1) is 0 Å². The van der Waals surface area contributed by atoms with Crippen LogP contribution in [0.25, 0.3) is 11.0 Å². The Labute approximate surface area is 118 Å². The molecule has 104 valence electrons. The fourth-order valence-corrected chi connectivity index (χ4v) is 2.62. The highest BCUT2D eigenvalue weighted by atomic mass is 15.1. The fraction of sp³-hybridized carbons (Fsp3) is 0.333. The van der Waals surface area contributed by atoms with Crippen molar-refractivity contribution in [3.05, 3.63) is 48.3 Å². The summed E-state index contributed by atoms with van der Waals surface area (Å²) in [5, 5.41) is 3.35. The van der Waals surface area contributed by atoms with E-state index in [4.69, 9.17) is 4.98 Å². The SMILES string of the molecule is CNC(Cc1nc2ccccc2n1C)c1cncn1C. The van der Waals surface area contributed by atoms with Crippen LogP contribution in [0.3, 0.4) is 0 Å². The number of nitrogens with zero attached hydrogens (tertiary/aromatic N) is 4.